The Balaban J connectivity index is 2.33. The third-order valence-electron chi connectivity index (χ3n) is 4.46. The number of hydrogen-bond donors (Lipinski definition) is 4. The molecule has 0 aliphatic rings. The Morgan fingerprint density at radius 1 is 1.31 bits per heavy atom. The monoisotopic (exact) mass is 497 g/mol. The second-order valence-electron chi connectivity index (χ2n) is 6.76. The number of aliphatic hydroxyl groups is 1. The van der Waals surface area contributed by atoms with Crippen LogP contribution in [-0.4, -0.2) is 11.1 Å². The van der Waals surface area contributed by atoms with Crippen molar-refractivity contribution in [2.24, 2.45) is 11.5 Å². The van der Waals surface area contributed by atoms with Crippen molar-refractivity contribution in [3.05, 3.63) is 80.5 Å². The summed E-state index contributed by atoms with van der Waals surface area (Å²) in [5.74, 6) is 3.53. The van der Waals surface area contributed by atoms with Gasteiger partial charge in [-0.1, -0.05) is 47.5 Å². The molecule has 1 atom stereocenters. The van der Waals surface area contributed by atoms with Crippen molar-refractivity contribution < 1.29 is 13.9 Å². The van der Waals surface area contributed by atoms with Crippen molar-refractivity contribution in [1.29, 1.82) is 0 Å². The molecular weight excluding hydrogens is 475 g/mol. The molecule has 0 aromatic heterocycles. The van der Waals surface area contributed by atoms with E-state index in [0.29, 0.717) is 27.5 Å². The number of aliphatic hydroxyl groups excluding tert-OH is 1. The van der Waals surface area contributed by atoms with Gasteiger partial charge in [0.2, 0.25) is 0 Å². The van der Waals surface area contributed by atoms with Gasteiger partial charge in [-0.3, -0.25) is 0 Å². The first-order chi connectivity index (χ1) is 15.2. The van der Waals surface area contributed by atoms with E-state index in [1.54, 1.807) is 12.1 Å². The Labute approximate surface area is 200 Å². The van der Waals surface area contributed by atoms with Gasteiger partial charge in [0.1, 0.15) is 5.82 Å². The molecule has 0 amide bonds. The highest BCUT2D eigenvalue weighted by Gasteiger charge is 2.14. The Morgan fingerprint density at radius 2 is 2.03 bits per heavy atom. The van der Waals surface area contributed by atoms with Gasteiger partial charge < -0.3 is 21.3 Å². The quantitative estimate of drug-likeness (QED) is 0.222. The molecule has 32 heavy (non-hydrogen) atoms. The lowest BCUT2D eigenvalue weighted by Gasteiger charge is -2.11. The number of hydrogen-bond acceptors (Lipinski definition) is 5. The van der Waals surface area contributed by atoms with Crippen molar-refractivity contribution in [3.8, 4) is 11.8 Å². The van der Waals surface area contributed by atoms with E-state index in [4.69, 9.17) is 34.7 Å². The molecule has 0 aliphatic carbocycles. The van der Waals surface area contributed by atoms with Gasteiger partial charge in [0.25, 0.3) is 0 Å². The third-order valence-corrected chi connectivity index (χ3v) is 6.10. The van der Waals surface area contributed by atoms with Crippen molar-refractivity contribution in [2.75, 3.05) is 4.72 Å². The van der Waals surface area contributed by atoms with E-state index >= 15 is 0 Å². The molecule has 6 N–H and O–H groups in total. The van der Waals surface area contributed by atoms with Gasteiger partial charge in [-0.05, 0) is 61.2 Å². The molecule has 0 fully saturated rings. The molecule has 0 heterocycles. The van der Waals surface area contributed by atoms with Gasteiger partial charge in [0.05, 0.1) is 22.9 Å². The summed E-state index contributed by atoms with van der Waals surface area (Å²) in [5.41, 5.74) is 12.8. The SMILES string of the molecule is CC/C(=C/C(C#Cc1c(F)ccc(NSc2cc(Cl)cc(CO)c2Cl)c1F)=C\N)C(C)N. The van der Waals surface area contributed by atoms with E-state index in [1.165, 1.54) is 18.3 Å². The Morgan fingerprint density at radius 3 is 2.62 bits per heavy atom. The normalized spacial score (nSPS) is 12.9. The standard InChI is InChI=1S/C23H23Cl2F2N3OS/c1-3-15(13(2)29)8-14(11-28)4-5-18-19(26)6-7-20(23(18)27)30-32-21-10-17(24)9-16(12-31)22(21)25/h6-11,13,30-31H,3,12,28-29H2,1-2H3/b14-11-,15-8-. The van der Waals surface area contributed by atoms with E-state index in [-0.39, 0.29) is 23.4 Å². The van der Waals surface area contributed by atoms with Crippen LogP contribution >= 0.6 is 35.1 Å². The molecule has 0 aliphatic heterocycles. The van der Waals surface area contributed by atoms with Crippen LogP contribution in [0.25, 0.3) is 0 Å². The van der Waals surface area contributed by atoms with Gasteiger partial charge in [-0.2, -0.15) is 0 Å². The molecule has 0 saturated carbocycles. The summed E-state index contributed by atoms with van der Waals surface area (Å²) >= 11 is 13.2. The van der Waals surface area contributed by atoms with E-state index in [2.05, 4.69) is 16.6 Å². The second kappa shape index (κ2) is 12.1. The smallest absolute Gasteiger partial charge is 0.165 e. The Bertz CT molecular complexity index is 1110. The minimum Gasteiger partial charge on any atom is -0.404 e. The van der Waals surface area contributed by atoms with Gasteiger partial charge in [-0.15, -0.1) is 0 Å². The maximum absolute atomic E-state index is 15.0. The van der Waals surface area contributed by atoms with E-state index in [1.807, 2.05) is 13.8 Å². The Hall–Kier alpha value is -2.21. The fraction of sp³-hybridized carbons (Fsp3) is 0.217. The average molecular weight is 498 g/mol. The molecule has 0 spiro atoms. The third kappa shape index (κ3) is 6.64. The number of halogens is 4. The largest absolute Gasteiger partial charge is 0.404 e. The molecule has 2 aromatic carbocycles. The van der Waals surface area contributed by atoms with E-state index in [9.17, 15) is 13.9 Å². The van der Waals surface area contributed by atoms with Crippen LogP contribution in [0.2, 0.25) is 10.0 Å². The first kappa shape index (κ1) is 26.0. The highest BCUT2D eigenvalue weighted by molar-refractivity contribution is 8.00. The highest BCUT2D eigenvalue weighted by atomic mass is 35.5. The number of nitrogens with two attached hydrogens (primary N) is 2. The van der Waals surface area contributed by atoms with Crippen molar-refractivity contribution in [3.63, 3.8) is 0 Å². The zero-order valence-corrected chi connectivity index (χ0v) is 19.8. The van der Waals surface area contributed by atoms with Gasteiger partial charge in [0.15, 0.2) is 5.82 Å². The van der Waals surface area contributed by atoms with Crippen molar-refractivity contribution in [1.82, 2.24) is 0 Å². The van der Waals surface area contributed by atoms with Gasteiger partial charge in [-0.25, -0.2) is 8.78 Å². The molecule has 170 valence electrons. The predicted octanol–water partition coefficient (Wildman–Crippen LogP) is 5.76. The van der Waals surface area contributed by atoms with Crippen LogP contribution in [0.15, 0.2) is 52.6 Å². The lowest BCUT2D eigenvalue weighted by molar-refractivity contribution is 0.281. The van der Waals surface area contributed by atoms with Crippen LogP contribution in [0, 0.1) is 23.5 Å². The van der Waals surface area contributed by atoms with Gasteiger partial charge in [0, 0.05) is 27.7 Å². The van der Waals surface area contributed by atoms with Crippen LogP contribution in [0.3, 0.4) is 0 Å². The zero-order valence-electron chi connectivity index (χ0n) is 17.5. The molecule has 0 saturated heterocycles. The van der Waals surface area contributed by atoms with Crippen LogP contribution in [-0.2, 0) is 6.61 Å². The number of benzene rings is 2. The van der Waals surface area contributed by atoms with Crippen LogP contribution < -0.4 is 16.2 Å². The summed E-state index contributed by atoms with van der Waals surface area (Å²) in [6.45, 7) is 3.48. The molecule has 9 heteroatoms. The summed E-state index contributed by atoms with van der Waals surface area (Å²) < 4.78 is 32.0. The van der Waals surface area contributed by atoms with Crippen LogP contribution in [0.4, 0.5) is 14.5 Å². The number of rotatable bonds is 7. The van der Waals surface area contributed by atoms with Crippen LogP contribution in [0.1, 0.15) is 31.4 Å². The maximum atomic E-state index is 15.0. The number of nitrogens with one attached hydrogen (secondary N) is 1. The summed E-state index contributed by atoms with van der Waals surface area (Å²) in [6, 6.07) is 5.26. The first-order valence-corrected chi connectivity index (χ1v) is 11.2. The molecule has 4 nitrogen and oxygen atoms in total. The predicted molar refractivity (Wildman–Crippen MR) is 129 cm³/mol. The van der Waals surface area contributed by atoms with Crippen LogP contribution in [0.5, 0.6) is 0 Å². The first-order valence-electron chi connectivity index (χ1n) is 9.61. The summed E-state index contributed by atoms with van der Waals surface area (Å²) in [5, 5.41) is 10.0. The van der Waals surface area contributed by atoms with E-state index in [0.717, 1.165) is 23.6 Å². The summed E-state index contributed by atoms with van der Waals surface area (Å²) in [6.07, 6.45) is 3.67. The average Bonchev–Trinajstić information content (AvgIpc) is 2.76. The lowest BCUT2D eigenvalue weighted by atomic mass is 10.0. The van der Waals surface area contributed by atoms with E-state index < -0.39 is 17.2 Å². The van der Waals surface area contributed by atoms with Gasteiger partial charge >= 0.3 is 0 Å². The number of allylic oxidation sites excluding steroid dienone is 2. The molecule has 2 rings (SSSR count). The zero-order chi connectivity index (χ0) is 23.8. The molecular formula is C23H23Cl2F2N3OS. The number of anilines is 1. The molecule has 0 radical (unpaired) electrons. The fourth-order valence-corrected chi connectivity index (χ4v) is 4.05. The van der Waals surface area contributed by atoms with Crippen molar-refractivity contribution in [2.45, 2.75) is 37.8 Å². The lowest BCUT2D eigenvalue weighted by Crippen LogP contribution is -2.17. The molecule has 0 bridgehead atoms. The van der Waals surface area contributed by atoms with Crippen molar-refractivity contribution >= 4 is 40.8 Å². The Kier molecular flexibility index (Phi) is 9.88. The topological polar surface area (TPSA) is 84.3 Å². The highest BCUT2D eigenvalue weighted by Crippen LogP contribution is 2.35. The maximum Gasteiger partial charge on any atom is 0.165 e. The molecule has 1 unspecified atom stereocenters. The summed E-state index contributed by atoms with van der Waals surface area (Å²) in [7, 11) is 0. The minimum atomic E-state index is -0.867. The second-order valence-corrected chi connectivity index (χ2v) is 8.42. The fourth-order valence-electron chi connectivity index (χ4n) is 2.68. The molecule has 2 aromatic rings. The summed E-state index contributed by atoms with van der Waals surface area (Å²) in [4.78, 5) is 0.473. The minimum absolute atomic E-state index is 0.000869.